The molecule has 0 aromatic carbocycles. The second-order valence-corrected chi connectivity index (χ2v) is 6.33. The Bertz CT molecular complexity index is 167. The van der Waals surface area contributed by atoms with Crippen LogP contribution >= 0.6 is 31.9 Å². The van der Waals surface area contributed by atoms with Gasteiger partial charge in [0.2, 0.25) is 0 Å². The van der Waals surface area contributed by atoms with Gasteiger partial charge in [0.15, 0.2) is 6.17 Å². The first-order chi connectivity index (χ1) is 6.23. The van der Waals surface area contributed by atoms with Crippen LogP contribution in [0.4, 0.5) is 17.6 Å². The normalized spacial score (nSPS) is 15.6. The summed E-state index contributed by atoms with van der Waals surface area (Å²) in [6, 6.07) is 0. The van der Waals surface area contributed by atoms with Crippen molar-refractivity contribution in [1.82, 2.24) is 0 Å². The van der Waals surface area contributed by atoms with Gasteiger partial charge in [-0.2, -0.15) is 8.78 Å². The maximum absolute atomic E-state index is 13.0. The maximum Gasteiger partial charge on any atom is 0.331 e. The van der Waals surface area contributed by atoms with Gasteiger partial charge in [-0.15, -0.1) is 0 Å². The highest BCUT2D eigenvalue weighted by molar-refractivity contribution is 9.25. The molecule has 0 aromatic rings. The number of unbranched alkanes of at least 4 members (excludes halogenated alkanes) is 2. The fourth-order valence-electron chi connectivity index (χ4n) is 0.932. The van der Waals surface area contributed by atoms with Gasteiger partial charge in [0, 0.05) is 0 Å². The summed E-state index contributed by atoms with van der Waals surface area (Å²) in [7, 11) is 0. The van der Waals surface area contributed by atoms with Crippen molar-refractivity contribution in [3.8, 4) is 0 Å². The van der Waals surface area contributed by atoms with Crippen LogP contribution in [0.1, 0.15) is 32.6 Å². The van der Waals surface area contributed by atoms with Crippen molar-refractivity contribution in [1.29, 1.82) is 0 Å². The van der Waals surface area contributed by atoms with E-state index >= 15 is 0 Å². The lowest BCUT2D eigenvalue weighted by molar-refractivity contribution is -0.109. The van der Waals surface area contributed by atoms with E-state index in [-0.39, 0.29) is 6.42 Å². The van der Waals surface area contributed by atoms with Crippen molar-refractivity contribution in [2.45, 2.75) is 48.2 Å². The second-order valence-electron chi connectivity index (χ2n) is 3.08. The van der Waals surface area contributed by atoms with Gasteiger partial charge in [0.05, 0.1) is 0 Å². The average Bonchev–Trinajstić information content (AvgIpc) is 2.02. The molecule has 0 amide bonds. The van der Waals surface area contributed by atoms with Crippen molar-refractivity contribution in [2.24, 2.45) is 0 Å². The molecule has 0 heterocycles. The largest absolute Gasteiger partial charge is 0.331 e. The molecule has 0 spiro atoms. The van der Waals surface area contributed by atoms with E-state index in [0.29, 0.717) is 12.8 Å². The molecule has 0 radical (unpaired) electrons. The molecule has 0 saturated heterocycles. The summed E-state index contributed by atoms with van der Waals surface area (Å²) < 4.78 is 48.4. The molecule has 0 aliphatic rings. The molecule has 0 aliphatic carbocycles. The second kappa shape index (κ2) is 5.68. The monoisotopic (exact) mass is 342 g/mol. The predicted octanol–water partition coefficient (Wildman–Crippen LogP) is 4.95. The van der Waals surface area contributed by atoms with Crippen LogP contribution in [0.5, 0.6) is 0 Å². The first-order valence-electron chi connectivity index (χ1n) is 4.32. The Morgan fingerprint density at radius 3 is 2.00 bits per heavy atom. The summed E-state index contributed by atoms with van der Waals surface area (Å²) >= 11 is 4.14. The van der Waals surface area contributed by atoms with E-state index < -0.39 is 15.6 Å². The molecule has 0 nitrogen and oxygen atoms in total. The Hall–Kier alpha value is 0.680. The average molecular weight is 344 g/mol. The molecular formula is C8H12Br2F4. The summed E-state index contributed by atoms with van der Waals surface area (Å²) in [5.74, 6) is -4.05. The molecule has 0 rings (SSSR count). The summed E-state index contributed by atoms with van der Waals surface area (Å²) in [6.07, 6.45) is -0.993. The molecule has 86 valence electrons. The molecule has 6 heteroatoms. The minimum Gasteiger partial charge on any atom is -0.241 e. The fourth-order valence-corrected chi connectivity index (χ4v) is 1.43. The van der Waals surface area contributed by atoms with Crippen molar-refractivity contribution in [3.05, 3.63) is 0 Å². The highest BCUT2D eigenvalue weighted by Crippen LogP contribution is 2.47. The molecule has 0 aromatic heterocycles. The van der Waals surface area contributed by atoms with E-state index in [1.54, 1.807) is 0 Å². The Morgan fingerprint density at radius 1 is 1.14 bits per heavy atom. The van der Waals surface area contributed by atoms with Gasteiger partial charge in [-0.3, -0.25) is 0 Å². The first kappa shape index (κ1) is 14.7. The van der Waals surface area contributed by atoms with Gasteiger partial charge in [0.1, 0.15) is 0 Å². The van der Waals surface area contributed by atoms with Gasteiger partial charge in [-0.05, 0) is 38.3 Å². The van der Waals surface area contributed by atoms with Gasteiger partial charge >= 0.3 is 5.92 Å². The van der Waals surface area contributed by atoms with Crippen LogP contribution in [0.3, 0.4) is 0 Å². The fraction of sp³-hybridized carbons (Fsp3) is 1.00. The zero-order chi connectivity index (χ0) is 11.4. The molecule has 14 heavy (non-hydrogen) atoms. The van der Waals surface area contributed by atoms with E-state index in [2.05, 4.69) is 31.9 Å². The van der Waals surface area contributed by atoms with E-state index in [4.69, 9.17) is 0 Å². The lowest BCUT2D eigenvalue weighted by atomic mass is 10.1. The molecule has 0 N–H and O–H groups in total. The Morgan fingerprint density at radius 2 is 1.64 bits per heavy atom. The molecule has 1 atom stereocenters. The Balaban J connectivity index is 4.15. The topological polar surface area (TPSA) is 0 Å². The molecular weight excluding hydrogens is 332 g/mol. The Kier molecular flexibility index (Phi) is 5.95. The van der Waals surface area contributed by atoms with E-state index in [1.165, 1.54) is 0 Å². The molecule has 0 bridgehead atoms. The third-order valence-electron chi connectivity index (χ3n) is 1.83. The van der Waals surface area contributed by atoms with Gasteiger partial charge in [-0.1, -0.05) is 26.2 Å². The third-order valence-corrected chi connectivity index (χ3v) is 2.89. The summed E-state index contributed by atoms with van der Waals surface area (Å²) in [6.45, 7) is 1.87. The quantitative estimate of drug-likeness (QED) is 0.363. The van der Waals surface area contributed by atoms with Crippen molar-refractivity contribution < 1.29 is 17.6 Å². The van der Waals surface area contributed by atoms with Crippen LogP contribution in [0, 0.1) is 0 Å². The maximum atomic E-state index is 13.0. The molecule has 0 saturated carbocycles. The predicted molar refractivity (Wildman–Crippen MR) is 55.7 cm³/mol. The number of halogens is 6. The van der Waals surface area contributed by atoms with E-state index in [0.717, 1.165) is 6.42 Å². The van der Waals surface area contributed by atoms with Crippen molar-refractivity contribution in [2.75, 3.05) is 0 Å². The van der Waals surface area contributed by atoms with Crippen LogP contribution in [0.15, 0.2) is 0 Å². The van der Waals surface area contributed by atoms with Crippen LogP contribution < -0.4 is 0 Å². The summed E-state index contributed by atoms with van der Waals surface area (Å²) in [4.78, 5) is 0. The van der Waals surface area contributed by atoms with Gasteiger partial charge < -0.3 is 0 Å². The molecule has 0 fully saturated rings. The van der Waals surface area contributed by atoms with Crippen molar-refractivity contribution >= 4 is 31.9 Å². The first-order valence-corrected chi connectivity index (χ1v) is 5.90. The minimum absolute atomic E-state index is 0.330. The summed E-state index contributed by atoms with van der Waals surface area (Å²) in [5, 5.41) is 0. The number of hydrogen-bond acceptors (Lipinski definition) is 0. The minimum atomic E-state index is -4.05. The molecule has 1 unspecified atom stereocenters. The standard InChI is InChI=1S/C8H12Br2F4/c1-2-3-4-5-6(11)7(12,13)8(9,10)14/h6H,2-5H2,1H3. The van der Waals surface area contributed by atoms with Crippen LogP contribution in [-0.4, -0.2) is 15.6 Å². The van der Waals surface area contributed by atoms with Crippen LogP contribution in [0.2, 0.25) is 0 Å². The smallest absolute Gasteiger partial charge is 0.241 e. The van der Waals surface area contributed by atoms with Crippen molar-refractivity contribution in [3.63, 3.8) is 0 Å². The third kappa shape index (κ3) is 4.04. The van der Waals surface area contributed by atoms with E-state index in [9.17, 15) is 17.6 Å². The molecule has 0 aliphatic heterocycles. The lowest BCUT2D eigenvalue weighted by Crippen LogP contribution is -2.42. The number of hydrogen-bond donors (Lipinski definition) is 0. The van der Waals surface area contributed by atoms with Gasteiger partial charge in [-0.25, -0.2) is 8.78 Å². The van der Waals surface area contributed by atoms with Crippen LogP contribution in [-0.2, 0) is 0 Å². The highest BCUT2D eigenvalue weighted by Gasteiger charge is 2.57. The SMILES string of the molecule is CCCCCC(F)C(F)(F)C(F)(Br)Br. The van der Waals surface area contributed by atoms with E-state index in [1.807, 2.05) is 6.92 Å². The zero-order valence-electron chi connectivity index (χ0n) is 7.67. The number of alkyl halides is 6. The Labute approximate surface area is 97.7 Å². The lowest BCUT2D eigenvalue weighted by Gasteiger charge is -2.26. The van der Waals surface area contributed by atoms with Gasteiger partial charge in [0.25, 0.3) is 3.49 Å². The number of rotatable bonds is 6. The zero-order valence-corrected chi connectivity index (χ0v) is 10.8. The highest BCUT2D eigenvalue weighted by atomic mass is 79.9. The summed E-state index contributed by atoms with van der Waals surface area (Å²) in [5.41, 5.74) is 0. The van der Waals surface area contributed by atoms with Crippen LogP contribution in [0.25, 0.3) is 0 Å².